The number of ether oxygens (including phenoxy) is 1. The molecule has 0 aromatic heterocycles. The van der Waals surface area contributed by atoms with Crippen LogP contribution in [0.1, 0.15) is 49.7 Å². The third-order valence-electron chi connectivity index (χ3n) is 8.21. The molecule has 3 unspecified atom stereocenters. The first-order valence-corrected chi connectivity index (χ1v) is 12.8. The van der Waals surface area contributed by atoms with Gasteiger partial charge in [0.05, 0.1) is 12.7 Å². The lowest BCUT2D eigenvalue weighted by atomic mass is 9.55. The molecule has 6 heteroatoms. The number of fused-ring (bicyclic) bond motifs is 1. The van der Waals surface area contributed by atoms with Gasteiger partial charge in [0.2, 0.25) is 5.91 Å². The number of likely N-dealkylation sites (tertiary alicyclic amines) is 1. The van der Waals surface area contributed by atoms with Crippen LogP contribution in [0.15, 0.2) is 54.6 Å². The third-order valence-corrected chi connectivity index (χ3v) is 8.21. The molecule has 3 fully saturated rings. The van der Waals surface area contributed by atoms with Crippen LogP contribution >= 0.6 is 0 Å². The maximum absolute atomic E-state index is 12.8. The van der Waals surface area contributed by atoms with Gasteiger partial charge in [-0.25, -0.2) is 0 Å². The van der Waals surface area contributed by atoms with Crippen LogP contribution in [0.25, 0.3) is 6.08 Å². The standard InChI is InChI=1S/C29H36N2O4/c1-35-26-7-3-5-23(17-26)28-14-15-31(19-22-8-9-22)20-29(28,34)13-12-24(18-28)30-27(33)11-10-21-4-2-6-25(32)16-21/h2-7,10-11,16-17,22,24,32,34H,8-9,12-15,18-20H2,1H3,(H,30,33). The summed E-state index contributed by atoms with van der Waals surface area (Å²) >= 11 is 0. The van der Waals surface area contributed by atoms with Gasteiger partial charge in [0.1, 0.15) is 11.5 Å². The van der Waals surface area contributed by atoms with Crippen molar-refractivity contribution < 1.29 is 19.7 Å². The zero-order valence-electron chi connectivity index (χ0n) is 20.5. The number of phenolic OH excluding ortho intramolecular Hbond substituents is 1. The van der Waals surface area contributed by atoms with E-state index in [2.05, 4.69) is 22.3 Å². The van der Waals surface area contributed by atoms with Crippen molar-refractivity contribution in [3.63, 3.8) is 0 Å². The molecule has 35 heavy (non-hydrogen) atoms. The maximum atomic E-state index is 12.8. The molecule has 3 atom stereocenters. The van der Waals surface area contributed by atoms with Crippen LogP contribution in [0.2, 0.25) is 0 Å². The Balaban J connectivity index is 1.36. The number of nitrogens with zero attached hydrogens (tertiary/aromatic N) is 1. The van der Waals surface area contributed by atoms with Crippen molar-refractivity contribution in [2.45, 2.75) is 55.6 Å². The highest BCUT2D eigenvalue weighted by molar-refractivity contribution is 5.92. The van der Waals surface area contributed by atoms with Crippen molar-refractivity contribution in [2.24, 2.45) is 5.92 Å². The van der Waals surface area contributed by atoms with Crippen LogP contribution in [0.4, 0.5) is 0 Å². The Labute approximate surface area is 207 Å². The van der Waals surface area contributed by atoms with Crippen molar-refractivity contribution in [3.05, 3.63) is 65.7 Å². The summed E-state index contributed by atoms with van der Waals surface area (Å²) in [7, 11) is 1.67. The lowest BCUT2D eigenvalue weighted by Crippen LogP contribution is -2.67. The average molecular weight is 477 g/mol. The molecule has 1 aliphatic heterocycles. The highest BCUT2D eigenvalue weighted by Crippen LogP contribution is 2.52. The second kappa shape index (κ2) is 9.67. The van der Waals surface area contributed by atoms with Crippen molar-refractivity contribution in [1.29, 1.82) is 0 Å². The van der Waals surface area contributed by atoms with E-state index < -0.39 is 11.0 Å². The predicted octanol–water partition coefficient (Wildman–Crippen LogP) is 3.87. The minimum absolute atomic E-state index is 0.0298. The van der Waals surface area contributed by atoms with Gasteiger partial charge in [0, 0.05) is 30.6 Å². The van der Waals surface area contributed by atoms with Gasteiger partial charge in [-0.2, -0.15) is 0 Å². The molecule has 1 amide bonds. The minimum atomic E-state index is -0.842. The highest BCUT2D eigenvalue weighted by atomic mass is 16.5. The number of piperidine rings is 1. The Morgan fingerprint density at radius 1 is 1.17 bits per heavy atom. The summed E-state index contributed by atoms with van der Waals surface area (Å²) < 4.78 is 5.52. The SMILES string of the molecule is COc1cccc(C23CCN(CC4CC4)CC2(O)CCC(NC(=O)C=Cc2cccc(O)c2)C3)c1. The van der Waals surface area contributed by atoms with Crippen LogP contribution in [-0.2, 0) is 10.2 Å². The number of aliphatic hydroxyl groups is 1. The molecule has 2 aromatic carbocycles. The second-order valence-electron chi connectivity index (χ2n) is 10.7. The normalized spacial score (nSPS) is 29.0. The number of amides is 1. The number of hydrogen-bond acceptors (Lipinski definition) is 5. The largest absolute Gasteiger partial charge is 0.508 e. The Kier molecular flexibility index (Phi) is 6.60. The highest BCUT2D eigenvalue weighted by Gasteiger charge is 2.57. The first kappa shape index (κ1) is 23.9. The number of benzene rings is 2. The Hall–Kier alpha value is -2.83. The van der Waals surface area contributed by atoms with E-state index in [1.54, 1.807) is 31.4 Å². The van der Waals surface area contributed by atoms with Crippen molar-refractivity contribution >= 4 is 12.0 Å². The van der Waals surface area contributed by atoms with Gasteiger partial charge in [-0.3, -0.25) is 4.79 Å². The minimum Gasteiger partial charge on any atom is -0.508 e. The van der Waals surface area contributed by atoms with Crippen LogP contribution in [0, 0.1) is 5.92 Å². The van der Waals surface area contributed by atoms with Crippen LogP contribution in [0.5, 0.6) is 11.5 Å². The summed E-state index contributed by atoms with van der Waals surface area (Å²) in [5.74, 6) is 1.60. The van der Waals surface area contributed by atoms with Gasteiger partial charge in [-0.15, -0.1) is 0 Å². The Morgan fingerprint density at radius 3 is 2.77 bits per heavy atom. The smallest absolute Gasteiger partial charge is 0.244 e. The molecule has 2 aliphatic carbocycles. The maximum Gasteiger partial charge on any atom is 0.244 e. The van der Waals surface area contributed by atoms with E-state index in [1.165, 1.54) is 18.9 Å². The summed E-state index contributed by atoms with van der Waals surface area (Å²) in [5.41, 5.74) is 0.589. The van der Waals surface area contributed by atoms with Crippen LogP contribution in [0.3, 0.4) is 0 Å². The number of phenols is 1. The molecular weight excluding hydrogens is 440 g/mol. The second-order valence-corrected chi connectivity index (χ2v) is 10.7. The summed E-state index contributed by atoms with van der Waals surface area (Å²) in [4.78, 5) is 15.2. The summed E-state index contributed by atoms with van der Waals surface area (Å²) in [5, 5.41) is 25.0. The molecule has 1 heterocycles. The lowest BCUT2D eigenvalue weighted by Gasteiger charge is -2.58. The van der Waals surface area contributed by atoms with E-state index in [0.717, 1.165) is 48.7 Å². The Bertz CT molecular complexity index is 1100. The fourth-order valence-corrected chi connectivity index (χ4v) is 6.17. The molecular formula is C29H36N2O4. The van der Waals surface area contributed by atoms with Gasteiger partial charge >= 0.3 is 0 Å². The van der Waals surface area contributed by atoms with E-state index in [0.29, 0.717) is 19.4 Å². The predicted molar refractivity (Wildman–Crippen MR) is 136 cm³/mol. The number of rotatable bonds is 7. The van der Waals surface area contributed by atoms with Crippen LogP contribution < -0.4 is 10.1 Å². The van der Waals surface area contributed by atoms with Crippen LogP contribution in [-0.4, -0.2) is 59.4 Å². The molecule has 1 saturated heterocycles. The fraction of sp³-hybridized carbons (Fsp3) is 0.483. The van der Waals surface area contributed by atoms with E-state index in [1.807, 2.05) is 18.2 Å². The van der Waals surface area contributed by atoms with Gasteiger partial charge in [0.15, 0.2) is 0 Å². The zero-order chi connectivity index (χ0) is 24.5. The number of carbonyl (C=O) groups is 1. The van der Waals surface area contributed by atoms with Crippen molar-refractivity contribution in [1.82, 2.24) is 10.2 Å². The number of methoxy groups -OCH3 is 1. The molecule has 186 valence electrons. The number of hydrogen-bond donors (Lipinski definition) is 3. The van der Waals surface area contributed by atoms with E-state index in [4.69, 9.17) is 4.74 Å². The molecule has 2 aromatic rings. The number of aromatic hydroxyl groups is 1. The monoisotopic (exact) mass is 476 g/mol. The third kappa shape index (κ3) is 5.09. The molecule has 3 aliphatic rings. The van der Waals surface area contributed by atoms with Gasteiger partial charge < -0.3 is 25.2 Å². The lowest BCUT2D eigenvalue weighted by molar-refractivity contribution is -0.132. The molecule has 5 rings (SSSR count). The summed E-state index contributed by atoms with van der Waals surface area (Å²) in [6, 6.07) is 14.9. The molecule has 6 nitrogen and oxygen atoms in total. The zero-order valence-corrected chi connectivity index (χ0v) is 20.5. The molecule has 2 saturated carbocycles. The molecule has 0 bridgehead atoms. The first-order valence-electron chi connectivity index (χ1n) is 12.8. The van der Waals surface area contributed by atoms with Crippen molar-refractivity contribution in [3.8, 4) is 11.5 Å². The van der Waals surface area contributed by atoms with Gasteiger partial charge in [-0.1, -0.05) is 24.3 Å². The van der Waals surface area contributed by atoms with E-state index >= 15 is 0 Å². The quantitative estimate of drug-likeness (QED) is 0.529. The summed E-state index contributed by atoms with van der Waals surface area (Å²) in [6.45, 7) is 2.71. The molecule has 3 N–H and O–H groups in total. The van der Waals surface area contributed by atoms with E-state index in [9.17, 15) is 15.0 Å². The number of β-amino-alcohol motifs (C(OH)–C–C–N with tert-alkyl or cyclic N) is 1. The topological polar surface area (TPSA) is 82.0 Å². The Morgan fingerprint density at radius 2 is 2.00 bits per heavy atom. The number of nitrogens with one attached hydrogen (secondary N) is 1. The van der Waals surface area contributed by atoms with Crippen molar-refractivity contribution in [2.75, 3.05) is 26.7 Å². The molecule has 0 radical (unpaired) electrons. The summed E-state index contributed by atoms with van der Waals surface area (Å²) in [6.07, 6.45) is 8.78. The molecule has 0 spiro atoms. The fourth-order valence-electron chi connectivity index (χ4n) is 6.17. The van der Waals surface area contributed by atoms with Gasteiger partial charge in [-0.05, 0) is 92.5 Å². The van der Waals surface area contributed by atoms with Gasteiger partial charge in [0.25, 0.3) is 0 Å². The van der Waals surface area contributed by atoms with E-state index in [-0.39, 0.29) is 17.7 Å². The number of carbonyl (C=O) groups excluding carboxylic acids is 1. The first-order chi connectivity index (χ1) is 16.9. The average Bonchev–Trinajstić information content (AvgIpc) is 3.67.